The maximum absolute atomic E-state index is 13.1. The van der Waals surface area contributed by atoms with E-state index in [1.807, 2.05) is 0 Å². The van der Waals surface area contributed by atoms with Crippen LogP contribution in [0.1, 0.15) is 35.2 Å². The van der Waals surface area contributed by atoms with Crippen molar-refractivity contribution in [3.63, 3.8) is 0 Å². The molecule has 4 rings (SSSR count). The molecule has 0 radical (unpaired) electrons. The van der Waals surface area contributed by atoms with Gasteiger partial charge in [0.25, 0.3) is 5.91 Å². The number of anilines is 1. The highest BCUT2D eigenvalue weighted by atomic mass is 32.2. The van der Waals surface area contributed by atoms with E-state index >= 15 is 0 Å². The number of rotatable bonds is 6. The lowest BCUT2D eigenvalue weighted by Gasteiger charge is -2.26. The quantitative estimate of drug-likeness (QED) is 0.643. The molecule has 2 aliphatic heterocycles. The van der Waals surface area contributed by atoms with E-state index in [0.717, 1.165) is 19.3 Å². The molecule has 0 aromatic heterocycles. The zero-order chi connectivity index (χ0) is 24.3. The van der Waals surface area contributed by atoms with Gasteiger partial charge >= 0.3 is 0 Å². The lowest BCUT2D eigenvalue weighted by Crippen LogP contribution is -2.40. The third-order valence-electron chi connectivity index (χ3n) is 6.08. The van der Waals surface area contributed by atoms with Crippen LogP contribution in [0.25, 0.3) is 0 Å². The minimum atomic E-state index is -3.77. The molecule has 0 atom stereocenters. The van der Waals surface area contributed by atoms with E-state index in [2.05, 4.69) is 5.32 Å². The van der Waals surface area contributed by atoms with Crippen molar-refractivity contribution in [2.75, 3.05) is 44.7 Å². The predicted octanol–water partition coefficient (Wildman–Crippen LogP) is 2.44. The van der Waals surface area contributed by atoms with Gasteiger partial charge in [-0.1, -0.05) is 18.6 Å². The minimum Gasteiger partial charge on any atom is -0.379 e. The van der Waals surface area contributed by atoms with Crippen molar-refractivity contribution in [3.8, 4) is 0 Å². The Morgan fingerprint density at radius 1 is 0.853 bits per heavy atom. The highest BCUT2D eigenvalue weighted by Crippen LogP contribution is 2.25. The maximum Gasteiger partial charge on any atom is 0.255 e. The summed E-state index contributed by atoms with van der Waals surface area (Å²) in [4.78, 5) is 13.1. The number of nitrogens with zero attached hydrogens (tertiary/aromatic N) is 2. The normalized spacial score (nSPS) is 18.5. The van der Waals surface area contributed by atoms with Crippen molar-refractivity contribution >= 4 is 31.6 Å². The molecule has 2 fully saturated rings. The number of amides is 1. The maximum atomic E-state index is 13.1. The van der Waals surface area contributed by atoms with Crippen LogP contribution in [0, 0.1) is 6.92 Å². The van der Waals surface area contributed by atoms with Crippen LogP contribution in [0.2, 0.25) is 0 Å². The van der Waals surface area contributed by atoms with Gasteiger partial charge in [0.2, 0.25) is 20.0 Å². The summed E-state index contributed by atoms with van der Waals surface area (Å²) in [5.41, 5.74) is 1.03. The van der Waals surface area contributed by atoms with E-state index in [4.69, 9.17) is 4.74 Å². The molecule has 0 spiro atoms. The summed E-state index contributed by atoms with van der Waals surface area (Å²) in [7, 11) is -7.41. The summed E-state index contributed by atoms with van der Waals surface area (Å²) < 4.78 is 60.2. The minimum absolute atomic E-state index is 0.0727. The average Bonchev–Trinajstić information content (AvgIpc) is 2.85. The smallest absolute Gasteiger partial charge is 0.255 e. The van der Waals surface area contributed by atoms with E-state index in [1.54, 1.807) is 31.2 Å². The molecule has 0 unspecified atom stereocenters. The zero-order valence-electron chi connectivity index (χ0n) is 19.1. The van der Waals surface area contributed by atoms with Crippen LogP contribution in [0.5, 0.6) is 0 Å². The first-order chi connectivity index (χ1) is 16.2. The Bertz CT molecular complexity index is 1270. The van der Waals surface area contributed by atoms with Gasteiger partial charge in [-0.3, -0.25) is 4.79 Å². The average molecular weight is 508 g/mol. The number of carbonyl (C=O) groups is 1. The first-order valence-corrected chi connectivity index (χ1v) is 14.2. The Morgan fingerprint density at radius 2 is 1.53 bits per heavy atom. The number of carbonyl (C=O) groups excluding carboxylic acids is 1. The number of aryl methyl sites for hydroxylation is 1. The lowest BCUT2D eigenvalue weighted by atomic mass is 10.1. The van der Waals surface area contributed by atoms with Gasteiger partial charge in [-0.05, 0) is 55.7 Å². The van der Waals surface area contributed by atoms with Crippen molar-refractivity contribution in [2.24, 2.45) is 0 Å². The second-order valence-corrected chi connectivity index (χ2v) is 12.3. The lowest BCUT2D eigenvalue weighted by molar-refractivity contribution is 0.0730. The second kappa shape index (κ2) is 10.1. The van der Waals surface area contributed by atoms with Gasteiger partial charge in [-0.2, -0.15) is 8.61 Å². The molecule has 2 aliphatic rings. The zero-order valence-corrected chi connectivity index (χ0v) is 20.7. The van der Waals surface area contributed by atoms with E-state index in [9.17, 15) is 21.6 Å². The fourth-order valence-electron chi connectivity index (χ4n) is 4.14. The molecule has 9 nitrogen and oxygen atoms in total. The molecular weight excluding hydrogens is 478 g/mol. The summed E-state index contributed by atoms with van der Waals surface area (Å²) >= 11 is 0. The number of nitrogens with one attached hydrogen (secondary N) is 1. The Kier molecular flexibility index (Phi) is 7.39. The highest BCUT2D eigenvalue weighted by Gasteiger charge is 2.29. The number of hydrogen-bond donors (Lipinski definition) is 1. The van der Waals surface area contributed by atoms with Crippen molar-refractivity contribution in [2.45, 2.75) is 36.0 Å². The van der Waals surface area contributed by atoms with Crippen molar-refractivity contribution in [1.82, 2.24) is 8.61 Å². The molecular formula is C23H29N3O6S2. The van der Waals surface area contributed by atoms with E-state index in [0.29, 0.717) is 37.6 Å². The van der Waals surface area contributed by atoms with Crippen LogP contribution < -0.4 is 5.32 Å². The largest absolute Gasteiger partial charge is 0.379 e. The van der Waals surface area contributed by atoms with Crippen LogP contribution in [0.3, 0.4) is 0 Å². The topological polar surface area (TPSA) is 113 Å². The van der Waals surface area contributed by atoms with Crippen LogP contribution >= 0.6 is 0 Å². The van der Waals surface area contributed by atoms with Gasteiger partial charge in [0.05, 0.1) is 23.0 Å². The van der Waals surface area contributed by atoms with Crippen molar-refractivity contribution in [3.05, 3.63) is 53.6 Å². The molecule has 0 aliphatic carbocycles. The summed E-state index contributed by atoms with van der Waals surface area (Å²) in [6.07, 6.45) is 2.68. The number of piperidine rings is 1. The first-order valence-electron chi connectivity index (χ1n) is 11.3. The van der Waals surface area contributed by atoms with E-state index < -0.39 is 26.0 Å². The van der Waals surface area contributed by atoms with Crippen LogP contribution in [-0.2, 0) is 24.8 Å². The molecule has 184 valence electrons. The molecule has 0 bridgehead atoms. The fourth-order valence-corrected chi connectivity index (χ4v) is 7.36. The van der Waals surface area contributed by atoms with E-state index in [1.165, 1.54) is 26.8 Å². The highest BCUT2D eigenvalue weighted by molar-refractivity contribution is 7.89. The van der Waals surface area contributed by atoms with Crippen LogP contribution in [0.15, 0.2) is 52.3 Å². The summed E-state index contributed by atoms with van der Waals surface area (Å²) in [5, 5.41) is 2.70. The molecule has 1 N–H and O–H groups in total. The SMILES string of the molecule is Cc1ccc(C(=O)Nc2cccc(S(=O)(=O)N3CCCCC3)c2)cc1S(=O)(=O)N1CCOCC1. The molecule has 0 saturated carbocycles. The number of ether oxygens (including phenoxy) is 1. The third-order valence-corrected chi connectivity index (χ3v) is 10.0. The third kappa shape index (κ3) is 5.18. The fraction of sp³-hybridized carbons (Fsp3) is 0.435. The van der Waals surface area contributed by atoms with Gasteiger partial charge in [-0.15, -0.1) is 0 Å². The molecule has 2 aromatic carbocycles. The summed E-state index contributed by atoms with van der Waals surface area (Å²) in [6.45, 7) is 3.84. The Balaban J connectivity index is 1.56. The van der Waals surface area contributed by atoms with Gasteiger partial charge in [0, 0.05) is 37.4 Å². The van der Waals surface area contributed by atoms with Gasteiger partial charge < -0.3 is 10.1 Å². The summed E-state index contributed by atoms with van der Waals surface area (Å²) in [6, 6.07) is 10.6. The van der Waals surface area contributed by atoms with Gasteiger partial charge in [0.1, 0.15) is 0 Å². The van der Waals surface area contributed by atoms with Crippen molar-refractivity contribution < 1.29 is 26.4 Å². The van der Waals surface area contributed by atoms with Gasteiger partial charge in [-0.25, -0.2) is 16.8 Å². The number of hydrogen-bond acceptors (Lipinski definition) is 6. The molecule has 2 saturated heterocycles. The Hall–Kier alpha value is -2.31. The molecule has 1 amide bonds. The van der Waals surface area contributed by atoms with Crippen LogP contribution in [0.4, 0.5) is 5.69 Å². The van der Waals surface area contributed by atoms with Crippen LogP contribution in [-0.4, -0.2) is 70.7 Å². The van der Waals surface area contributed by atoms with E-state index in [-0.39, 0.29) is 28.4 Å². The van der Waals surface area contributed by atoms with Gasteiger partial charge in [0.15, 0.2) is 0 Å². The first kappa shape index (κ1) is 24.8. The monoisotopic (exact) mass is 507 g/mol. The predicted molar refractivity (Wildman–Crippen MR) is 128 cm³/mol. The second-order valence-electron chi connectivity index (χ2n) is 8.44. The molecule has 11 heteroatoms. The Morgan fingerprint density at radius 3 is 2.24 bits per heavy atom. The standard InChI is InChI=1S/C23H29N3O6S2/c1-18-8-9-19(16-22(18)34(30,31)26-12-14-32-15-13-26)23(27)24-20-6-5-7-21(17-20)33(28,29)25-10-3-2-4-11-25/h5-9,16-17H,2-4,10-15H2,1H3,(H,24,27). The Labute approximate surface area is 200 Å². The molecule has 2 heterocycles. The number of morpholine rings is 1. The van der Waals surface area contributed by atoms with Crippen molar-refractivity contribution in [1.29, 1.82) is 0 Å². The molecule has 34 heavy (non-hydrogen) atoms. The number of benzene rings is 2. The number of sulfonamides is 2. The summed E-state index contributed by atoms with van der Waals surface area (Å²) in [5.74, 6) is -0.522. The molecule has 2 aromatic rings.